The number of carbonyl (C=O) groups is 2. The van der Waals surface area contributed by atoms with E-state index in [4.69, 9.17) is 23.2 Å². The summed E-state index contributed by atoms with van der Waals surface area (Å²) in [4.78, 5) is 38.5. The Morgan fingerprint density at radius 2 is 1.72 bits per heavy atom. The van der Waals surface area contributed by atoms with Gasteiger partial charge < -0.3 is 10.2 Å². The van der Waals surface area contributed by atoms with Gasteiger partial charge in [0, 0.05) is 35.8 Å². The van der Waals surface area contributed by atoms with Gasteiger partial charge in [0.15, 0.2) is 0 Å². The zero-order valence-corrected chi connectivity index (χ0v) is 23.4. The lowest BCUT2D eigenvalue weighted by molar-refractivity contribution is -0.384. The van der Waals surface area contributed by atoms with Gasteiger partial charge in [0.1, 0.15) is 12.6 Å². The van der Waals surface area contributed by atoms with Gasteiger partial charge in [-0.3, -0.25) is 24.0 Å². The Bertz CT molecular complexity index is 1470. The third-order valence-corrected chi connectivity index (χ3v) is 8.30. The summed E-state index contributed by atoms with van der Waals surface area (Å²) in [6, 6.07) is 16.1. The lowest BCUT2D eigenvalue weighted by Gasteiger charge is -2.33. The van der Waals surface area contributed by atoms with E-state index in [1.807, 2.05) is 0 Å². The molecule has 1 atom stereocenters. The van der Waals surface area contributed by atoms with Crippen LogP contribution in [0.25, 0.3) is 0 Å². The van der Waals surface area contributed by atoms with Crippen molar-refractivity contribution in [2.24, 2.45) is 0 Å². The normalized spacial score (nSPS) is 11.9. The minimum atomic E-state index is -4.35. The maximum atomic E-state index is 13.9. The maximum absolute atomic E-state index is 13.9. The van der Waals surface area contributed by atoms with Crippen molar-refractivity contribution in [3.05, 3.63) is 98.5 Å². The Hall–Kier alpha value is -3.67. The molecule has 0 unspecified atom stereocenters. The first-order valence-electron chi connectivity index (χ1n) is 11.8. The van der Waals surface area contributed by atoms with Crippen molar-refractivity contribution in [1.29, 1.82) is 0 Å². The van der Waals surface area contributed by atoms with Gasteiger partial charge in [-0.2, -0.15) is 0 Å². The largest absolute Gasteiger partial charge is 0.357 e. The Morgan fingerprint density at radius 3 is 2.31 bits per heavy atom. The number of nitrogens with one attached hydrogen (secondary N) is 1. The Kier molecular flexibility index (Phi) is 9.90. The van der Waals surface area contributed by atoms with E-state index in [0.717, 1.165) is 10.4 Å². The molecule has 0 radical (unpaired) electrons. The van der Waals surface area contributed by atoms with E-state index >= 15 is 0 Å². The van der Waals surface area contributed by atoms with Crippen LogP contribution in [-0.2, 0) is 26.2 Å². The highest BCUT2D eigenvalue weighted by molar-refractivity contribution is 7.92. The fourth-order valence-electron chi connectivity index (χ4n) is 3.93. The third-order valence-electron chi connectivity index (χ3n) is 5.93. The summed E-state index contributed by atoms with van der Waals surface area (Å²) in [5.41, 5.74) is 0.0539. The molecule has 0 saturated heterocycles. The van der Waals surface area contributed by atoms with Gasteiger partial charge in [0.2, 0.25) is 11.8 Å². The molecule has 0 saturated carbocycles. The summed E-state index contributed by atoms with van der Waals surface area (Å²) < 4.78 is 28.2. The van der Waals surface area contributed by atoms with E-state index in [1.54, 1.807) is 25.1 Å². The summed E-state index contributed by atoms with van der Waals surface area (Å²) in [7, 11) is -2.92. The molecule has 1 N–H and O–H groups in total. The number of hydrogen-bond donors (Lipinski definition) is 1. The average Bonchev–Trinajstić information content (AvgIpc) is 2.92. The number of rotatable bonds is 11. The first-order chi connectivity index (χ1) is 18.5. The molecule has 0 aromatic heterocycles. The lowest BCUT2D eigenvalue weighted by Crippen LogP contribution is -2.51. The van der Waals surface area contributed by atoms with E-state index < -0.39 is 39.3 Å². The summed E-state index contributed by atoms with van der Waals surface area (Å²) in [6.45, 7) is 0.856. The molecular formula is C26H26Cl2N4O6S. The minimum absolute atomic E-state index is 0.0844. The van der Waals surface area contributed by atoms with Crippen molar-refractivity contribution in [2.45, 2.75) is 30.8 Å². The second-order valence-corrected chi connectivity index (χ2v) is 11.1. The van der Waals surface area contributed by atoms with Crippen molar-refractivity contribution in [3.8, 4) is 0 Å². The molecule has 0 spiro atoms. The molecule has 0 aliphatic carbocycles. The van der Waals surface area contributed by atoms with E-state index in [0.29, 0.717) is 10.6 Å². The quantitative estimate of drug-likeness (QED) is 0.255. The molecule has 3 aromatic carbocycles. The van der Waals surface area contributed by atoms with Crippen LogP contribution in [0.2, 0.25) is 10.0 Å². The molecule has 2 amide bonds. The van der Waals surface area contributed by atoms with Crippen LogP contribution in [0, 0.1) is 10.1 Å². The molecule has 206 valence electrons. The van der Waals surface area contributed by atoms with Crippen LogP contribution in [0.1, 0.15) is 18.9 Å². The molecule has 0 aliphatic rings. The first-order valence-corrected chi connectivity index (χ1v) is 14.0. The predicted octanol–water partition coefficient (Wildman–Crippen LogP) is 4.65. The topological polar surface area (TPSA) is 130 Å². The highest BCUT2D eigenvalue weighted by Crippen LogP contribution is 2.28. The van der Waals surface area contributed by atoms with Gasteiger partial charge in [0.25, 0.3) is 15.7 Å². The second kappa shape index (κ2) is 12.9. The number of nitro groups is 1. The van der Waals surface area contributed by atoms with Crippen LogP contribution in [-0.4, -0.2) is 49.7 Å². The number of nitrogens with zero attached hydrogens (tertiary/aromatic N) is 3. The molecule has 0 heterocycles. The zero-order valence-electron chi connectivity index (χ0n) is 21.1. The molecule has 0 aliphatic heterocycles. The van der Waals surface area contributed by atoms with Gasteiger partial charge >= 0.3 is 0 Å². The van der Waals surface area contributed by atoms with Gasteiger partial charge in [-0.25, -0.2) is 8.42 Å². The molecule has 10 nitrogen and oxygen atoms in total. The number of amides is 2. The van der Waals surface area contributed by atoms with Crippen molar-refractivity contribution < 1.29 is 22.9 Å². The number of benzene rings is 3. The lowest BCUT2D eigenvalue weighted by atomic mass is 10.1. The van der Waals surface area contributed by atoms with Gasteiger partial charge in [-0.1, -0.05) is 60.5 Å². The number of carbonyl (C=O) groups excluding carboxylic acids is 2. The van der Waals surface area contributed by atoms with Crippen LogP contribution >= 0.6 is 23.2 Å². The zero-order chi connectivity index (χ0) is 28.7. The molecule has 0 bridgehead atoms. The summed E-state index contributed by atoms with van der Waals surface area (Å²) in [5, 5.41) is 14.6. The maximum Gasteiger partial charge on any atom is 0.271 e. The summed E-state index contributed by atoms with van der Waals surface area (Å²) in [5.74, 6) is -1.17. The van der Waals surface area contributed by atoms with Crippen LogP contribution in [0.3, 0.4) is 0 Å². The third kappa shape index (κ3) is 7.05. The van der Waals surface area contributed by atoms with Gasteiger partial charge in [-0.15, -0.1) is 0 Å². The summed E-state index contributed by atoms with van der Waals surface area (Å²) in [6.07, 6.45) is 0.221. The van der Waals surface area contributed by atoms with E-state index in [-0.39, 0.29) is 34.3 Å². The molecule has 0 fully saturated rings. The van der Waals surface area contributed by atoms with Crippen molar-refractivity contribution >= 4 is 56.4 Å². The standard InChI is InChI=1S/C26H26Cl2N4O6S/c1-3-24(26(34)29-2)30(16-18-12-13-19(27)14-23(18)28)25(33)17-31(20-8-7-9-21(15-20)32(35)36)39(37,38)22-10-5-4-6-11-22/h4-15,24H,3,16-17H2,1-2H3,(H,29,34)/t24-/m1/s1. The Morgan fingerprint density at radius 1 is 1.03 bits per heavy atom. The van der Waals surface area contributed by atoms with Crippen molar-refractivity contribution in [2.75, 3.05) is 17.9 Å². The molecule has 3 aromatic rings. The smallest absolute Gasteiger partial charge is 0.271 e. The predicted molar refractivity (Wildman–Crippen MR) is 149 cm³/mol. The number of non-ortho nitro benzene ring substituents is 1. The first kappa shape index (κ1) is 29.9. The highest BCUT2D eigenvalue weighted by atomic mass is 35.5. The number of nitro benzene ring substituents is 1. The summed E-state index contributed by atoms with van der Waals surface area (Å²) >= 11 is 12.4. The minimum Gasteiger partial charge on any atom is -0.357 e. The fourth-order valence-corrected chi connectivity index (χ4v) is 5.82. The Balaban J connectivity index is 2.11. The van der Waals surface area contributed by atoms with E-state index in [1.165, 1.54) is 60.5 Å². The van der Waals surface area contributed by atoms with Crippen molar-refractivity contribution in [3.63, 3.8) is 0 Å². The molecular weight excluding hydrogens is 567 g/mol. The SMILES string of the molecule is CC[C@H](C(=O)NC)N(Cc1ccc(Cl)cc1Cl)C(=O)CN(c1cccc([N+](=O)[O-])c1)S(=O)(=O)c1ccccc1. The molecule has 39 heavy (non-hydrogen) atoms. The van der Waals surface area contributed by atoms with E-state index in [2.05, 4.69) is 5.32 Å². The monoisotopic (exact) mass is 592 g/mol. The number of halogens is 2. The van der Waals surface area contributed by atoms with E-state index in [9.17, 15) is 28.1 Å². The average molecular weight is 593 g/mol. The molecule has 13 heteroatoms. The number of likely N-dealkylation sites (N-methyl/N-ethyl adjacent to an activating group) is 1. The van der Waals surface area contributed by atoms with Crippen LogP contribution in [0.15, 0.2) is 77.7 Å². The van der Waals surface area contributed by atoms with Crippen LogP contribution < -0.4 is 9.62 Å². The highest BCUT2D eigenvalue weighted by Gasteiger charge is 2.34. The Labute approximate surface area is 236 Å². The molecule has 3 rings (SSSR count). The van der Waals surface area contributed by atoms with Crippen molar-refractivity contribution in [1.82, 2.24) is 10.2 Å². The second-order valence-electron chi connectivity index (χ2n) is 8.40. The van der Waals surface area contributed by atoms with Gasteiger partial charge in [0.05, 0.1) is 15.5 Å². The fraction of sp³-hybridized carbons (Fsp3) is 0.231. The van der Waals surface area contributed by atoms with Crippen LogP contribution in [0.5, 0.6) is 0 Å². The van der Waals surface area contributed by atoms with Crippen LogP contribution in [0.4, 0.5) is 11.4 Å². The number of hydrogen-bond acceptors (Lipinski definition) is 6. The number of sulfonamides is 1. The number of anilines is 1. The van der Waals surface area contributed by atoms with Gasteiger partial charge in [-0.05, 0) is 42.3 Å².